The minimum atomic E-state index is -0.272. The van der Waals surface area contributed by atoms with Crippen LogP contribution in [0.5, 0.6) is 5.75 Å². The van der Waals surface area contributed by atoms with Gasteiger partial charge < -0.3 is 15.0 Å². The summed E-state index contributed by atoms with van der Waals surface area (Å²) >= 11 is 18.0. The van der Waals surface area contributed by atoms with E-state index < -0.39 is 0 Å². The lowest BCUT2D eigenvalue weighted by Gasteiger charge is -2.32. The maximum absolute atomic E-state index is 12.5. The molecule has 1 N–H and O–H groups in total. The van der Waals surface area contributed by atoms with Gasteiger partial charge in [0.25, 0.3) is 5.91 Å². The molecule has 0 bridgehead atoms. The fourth-order valence-corrected chi connectivity index (χ4v) is 4.25. The number of piperazine rings is 1. The molecule has 1 saturated heterocycles. The molecule has 3 aromatic carbocycles. The summed E-state index contributed by atoms with van der Waals surface area (Å²) in [5, 5.41) is 4.31. The Balaban J connectivity index is 1.49. The van der Waals surface area contributed by atoms with Gasteiger partial charge in [0.05, 0.1) is 10.0 Å². The van der Waals surface area contributed by atoms with Gasteiger partial charge in [-0.05, 0) is 60.6 Å². The summed E-state index contributed by atoms with van der Waals surface area (Å²) in [7, 11) is 2.14. The molecule has 5 nitrogen and oxygen atoms in total. The van der Waals surface area contributed by atoms with Crippen molar-refractivity contribution in [3.8, 4) is 16.9 Å². The van der Waals surface area contributed by atoms with Crippen LogP contribution < -0.4 is 10.1 Å². The first kappa shape index (κ1) is 24.8. The van der Waals surface area contributed by atoms with Crippen molar-refractivity contribution in [2.75, 3.05) is 45.2 Å². The molecule has 178 valence electrons. The lowest BCUT2D eigenvalue weighted by atomic mass is 10.0. The molecule has 1 aliphatic heterocycles. The average Bonchev–Trinajstić information content (AvgIpc) is 2.82. The number of halogens is 3. The molecular formula is C26H26Cl3N3O2. The first-order valence-corrected chi connectivity index (χ1v) is 12.2. The summed E-state index contributed by atoms with van der Waals surface area (Å²) in [6.45, 7) is 4.66. The maximum Gasteiger partial charge on any atom is 0.262 e. The minimum absolute atomic E-state index is 0.115. The lowest BCUT2D eigenvalue weighted by molar-refractivity contribution is -0.118. The van der Waals surface area contributed by atoms with Crippen LogP contribution in [-0.4, -0.2) is 55.5 Å². The highest BCUT2D eigenvalue weighted by Crippen LogP contribution is 2.29. The molecule has 0 atom stereocenters. The second kappa shape index (κ2) is 11.4. The Labute approximate surface area is 215 Å². The van der Waals surface area contributed by atoms with Crippen LogP contribution >= 0.6 is 34.8 Å². The molecule has 0 aliphatic carbocycles. The fourth-order valence-electron chi connectivity index (χ4n) is 3.83. The number of amides is 1. The third-order valence-electron chi connectivity index (χ3n) is 5.79. The van der Waals surface area contributed by atoms with Crippen molar-refractivity contribution in [3.05, 3.63) is 81.3 Å². The Hall–Kier alpha value is -2.28. The summed E-state index contributed by atoms with van der Waals surface area (Å²) in [6, 6.07) is 18.8. The van der Waals surface area contributed by atoms with Gasteiger partial charge in [-0.25, -0.2) is 0 Å². The zero-order chi connectivity index (χ0) is 24.1. The number of nitrogens with one attached hydrogen (secondary N) is 1. The third-order valence-corrected chi connectivity index (χ3v) is 6.78. The molecule has 1 aliphatic rings. The highest BCUT2D eigenvalue weighted by Gasteiger charge is 2.17. The van der Waals surface area contributed by atoms with Crippen molar-refractivity contribution in [1.82, 2.24) is 9.80 Å². The first-order chi connectivity index (χ1) is 16.4. The molecule has 4 rings (SSSR count). The van der Waals surface area contributed by atoms with Crippen LogP contribution in [0.3, 0.4) is 0 Å². The SMILES string of the molecule is CN1CCN(Cc2cc(-c3ccc(Cl)cc3)ccc2OCC(=O)Nc2ccc(Cl)c(Cl)c2)CC1. The third kappa shape index (κ3) is 6.65. The zero-order valence-electron chi connectivity index (χ0n) is 18.9. The number of carbonyl (C=O) groups excluding carboxylic acids is 1. The topological polar surface area (TPSA) is 44.8 Å². The van der Waals surface area contributed by atoms with Crippen LogP contribution in [0.1, 0.15) is 5.56 Å². The van der Waals surface area contributed by atoms with Gasteiger partial charge in [0.1, 0.15) is 5.75 Å². The number of hydrogen-bond donors (Lipinski definition) is 1. The number of nitrogens with zero attached hydrogens (tertiary/aromatic N) is 2. The molecule has 0 saturated carbocycles. The van der Waals surface area contributed by atoms with Gasteiger partial charge in [-0.15, -0.1) is 0 Å². The summed E-state index contributed by atoms with van der Waals surface area (Å²) < 4.78 is 5.97. The summed E-state index contributed by atoms with van der Waals surface area (Å²) in [5.74, 6) is 0.423. The second-order valence-electron chi connectivity index (χ2n) is 8.37. The van der Waals surface area contributed by atoms with Crippen LogP contribution in [0.4, 0.5) is 5.69 Å². The van der Waals surface area contributed by atoms with E-state index in [9.17, 15) is 4.79 Å². The standard InChI is InChI=1S/C26H26Cl3N3O2/c1-31-10-12-32(13-11-31)16-20-14-19(18-2-5-21(27)6-3-18)4-9-25(20)34-17-26(33)30-22-7-8-23(28)24(29)15-22/h2-9,14-15H,10-13,16-17H2,1H3,(H,30,33). The molecule has 0 spiro atoms. The van der Waals surface area contributed by atoms with E-state index >= 15 is 0 Å². The van der Waals surface area contributed by atoms with Crippen LogP contribution in [0.15, 0.2) is 60.7 Å². The molecule has 1 amide bonds. The molecule has 3 aromatic rings. The Morgan fingerprint density at radius 3 is 2.29 bits per heavy atom. The van der Waals surface area contributed by atoms with Crippen molar-refractivity contribution < 1.29 is 9.53 Å². The van der Waals surface area contributed by atoms with Crippen LogP contribution in [0.25, 0.3) is 11.1 Å². The summed E-state index contributed by atoms with van der Waals surface area (Å²) in [4.78, 5) is 17.2. The van der Waals surface area contributed by atoms with Gasteiger partial charge in [0.15, 0.2) is 6.61 Å². The van der Waals surface area contributed by atoms with E-state index in [0.717, 1.165) is 49.4 Å². The second-order valence-corrected chi connectivity index (χ2v) is 9.63. The number of ether oxygens (including phenoxy) is 1. The Bertz CT molecular complexity index is 1150. The summed E-state index contributed by atoms with van der Waals surface area (Å²) in [5.41, 5.74) is 3.76. The Kier molecular flexibility index (Phi) is 8.35. The van der Waals surface area contributed by atoms with E-state index in [1.165, 1.54) is 0 Å². The minimum Gasteiger partial charge on any atom is -0.483 e. The van der Waals surface area contributed by atoms with Gasteiger partial charge in [0.2, 0.25) is 0 Å². The van der Waals surface area contributed by atoms with E-state index in [4.69, 9.17) is 39.5 Å². The first-order valence-electron chi connectivity index (χ1n) is 11.0. The molecule has 0 unspecified atom stereocenters. The van der Waals surface area contributed by atoms with Gasteiger partial charge in [0, 0.05) is 49.0 Å². The van der Waals surface area contributed by atoms with Gasteiger partial charge in [-0.3, -0.25) is 9.69 Å². The Morgan fingerprint density at radius 2 is 1.59 bits per heavy atom. The van der Waals surface area contributed by atoms with E-state index in [-0.39, 0.29) is 12.5 Å². The predicted molar refractivity (Wildman–Crippen MR) is 140 cm³/mol. The van der Waals surface area contributed by atoms with Crippen LogP contribution in [0.2, 0.25) is 15.1 Å². The molecule has 0 aromatic heterocycles. The smallest absolute Gasteiger partial charge is 0.262 e. The summed E-state index contributed by atoms with van der Waals surface area (Å²) in [6.07, 6.45) is 0. The number of hydrogen-bond acceptors (Lipinski definition) is 4. The molecule has 0 radical (unpaired) electrons. The molecule has 1 heterocycles. The van der Waals surface area contributed by atoms with E-state index in [1.807, 2.05) is 36.4 Å². The highest BCUT2D eigenvalue weighted by atomic mass is 35.5. The number of anilines is 1. The van der Waals surface area contributed by atoms with Crippen molar-refractivity contribution in [2.45, 2.75) is 6.54 Å². The normalized spacial score (nSPS) is 14.7. The maximum atomic E-state index is 12.5. The van der Waals surface area contributed by atoms with Gasteiger partial charge in [-0.1, -0.05) is 53.0 Å². The largest absolute Gasteiger partial charge is 0.483 e. The van der Waals surface area contributed by atoms with E-state index in [1.54, 1.807) is 18.2 Å². The van der Waals surface area contributed by atoms with E-state index in [2.05, 4.69) is 28.2 Å². The number of benzene rings is 3. The molecule has 1 fully saturated rings. The van der Waals surface area contributed by atoms with Crippen molar-refractivity contribution in [2.24, 2.45) is 0 Å². The van der Waals surface area contributed by atoms with Crippen molar-refractivity contribution in [3.63, 3.8) is 0 Å². The zero-order valence-corrected chi connectivity index (χ0v) is 21.1. The number of carbonyl (C=O) groups is 1. The number of likely N-dealkylation sites (N-methyl/N-ethyl adjacent to an activating group) is 1. The highest BCUT2D eigenvalue weighted by molar-refractivity contribution is 6.42. The molecule has 8 heteroatoms. The number of rotatable bonds is 7. The fraction of sp³-hybridized carbons (Fsp3) is 0.269. The van der Waals surface area contributed by atoms with Crippen LogP contribution in [-0.2, 0) is 11.3 Å². The molecular weight excluding hydrogens is 493 g/mol. The Morgan fingerprint density at radius 1 is 0.882 bits per heavy atom. The van der Waals surface area contributed by atoms with Crippen LogP contribution in [0, 0.1) is 0 Å². The monoisotopic (exact) mass is 517 g/mol. The van der Waals surface area contributed by atoms with Gasteiger partial charge >= 0.3 is 0 Å². The lowest BCUT2D eigenvalue weighted by Crippen LogP contribution is -2.43. The van der Waals surface area contributed by atoms with E-state index in [0.29, 0.717) is 26.5 Å². The molecule has 34 heavy (non-hydrogen) atoms. The average molecular weight is 519 g/mol. The van der Waals surface area contributed by atoms with Gasteiger partial charge in [-0.2, -0.15) is 0 Å². The predicted octanol–water partition coefficient (Wildman–Crippen LogP) is 6.08. The quantitative estimate of drug-likeness (QED) is 0.412. The van der Waals surface area contributed by atoms with Crippen molar-refractivity contribution >= 4 is 46.4 Å². The van der Waals surface area contributed by atoms with Crippen molar-refractivity contribution in [1.29, 1.82) is 0 Å².